The first-order chi connectivity index (χ1) is 17.6. The van der Waals surface area contributed by atoms with E-state index < -0.39 is 11.7 Å². The van der Waals surface area contributed by atoms with Gasteiger partial charge in [0.2, 0.25) is 0 Å². The second kappa shape index (κ2) is 11.3. The van der Waals surface area contributed by atoms with Gasteiger partial charge in [0, 0.05) is 50.7 Å². The van der Waals surface area contributed by atoms with Crippen molar-refractivity contribution in [3.05, 3.63) is 70.5 Å². The van der Waals surface area contributed by atoms with Crippen LogP contribution in [0.2, 0.25) is 0 Å². The van der Waals surface area contributed by atoms with Crippen molar-refractivity contribution in [3.63, 3.8) is 0 Å². The molecule has 0 aliphatic carbocycles. The summed E-state index contributed by atoms with van der Waals surface area (Å²) in [6.07, 6.45) is -2.05. The van der Waals surface area contributed by atoms with Crippen molar-refractivity contribution >= 4 is 5.91 Å². The van der Waals surface area contributed by atoms with Crippen LogP contribution in [0.15, 0.2) is 42.7 Å². The Morgan fingerprint density at radius 3 is 2.35 bits per heavy atom. The molecule has 37 heavy (non-hydrogen) atoms. The van der Waals surface area contributed by atoms with E-state index in [0.29, 0.717) is 39.3 Å². The average Bonchev–Trinajstić information content (AvgIpc) is 3.41. The van der Waals surface area contributed by atoms with Crippen molar-refractivity contribution in [2.45, 2.75) is 46.0 Å². The maximum Gasteiger partial charge on any atom is 0.416 e. The van der Waals surface area contributed by atoms with Gasteiger partial charge in [0.1, 0.15) is 12.1 Å². The van der Waals surface area contributed by atoms with Crippen molar-refractivity contribution in [1.29, 1.82) is 0 Å². The number of aryl methyl sites for hydroxylation is 1. The van der Waals surface area contributed by atoms with Crippen LogP contribution in [0.1, 0.15) is 52.0 Å². The maximum absolute atomic E-state index is 12.8. The molecule has 3 aromatic rings. The molecule has 0 N–H and O–H groups in total. The highest BCUT2D eigenvalue weighted by molar-refractivity contribution is 5.94. The van der Waals surface area contributed by atoms with E-state index in [1.165, 1.54) is 23.3 Å². The Bertz CT molecular complexity index is 1190. The van der Waals surface area contributed by atoms with E-state index in [1.54, 1.807) is 15.9 Å². The number of alkyl halides is 3. The zero-order chi connectivity index (χ0) is 26.6. The molecule has 2 heterocycles. The van der Waals surface area contributed by atoms with Gasteiger partial charge in [-0.1, -0.05) is 6.07 Å². The van der Waals surface area contributed by atoms with E-state index in [4.69, 9.17) is 4.74 Å². The number of amides is 1. The number of hydrogen-bond donors (Lipinski definition) is 0. The molecule has 1 aromatic heterocycles. The SMILES string of the molecule is Cc1c(OCCCn2cnnn2)ccc([C@@H](C)N2CCN(C(=O)c3ccc(C(F)(F)F)cc3)CC2)c1C. The Balaban J connectivity index is 1.31. The molecule has 198 valence electrons. The zero-order valence-electron chi connectivity index (χ0n) is 21.2. The van der Waals surface area contributed by atoms with Crippen LogP contribution in [0.25, 0.3) is 0 Å². The van der Waals surface area contributed by atoms with Crippen LogP contribution in [-0.2, 0) is 12.7 Å². The third kappa shape index (κ3) is 6.27. The first-order valence-corrected chi connectivity index (χ1v) is 12.3. The highest BCUT2D eigenvalue weighted by Gasteiger charge is 2.31. The molecule has 0 unspecified atom stereocenters. The Morgan fingerprint density at radius 1 is 1.03 bits per heavy atom. The highest BCUT2D eigenvalue weighted by Crippen LogP contribution is 2.32. The molecule has 2 aromatic carbocycles. The van der Waals surface area contributed by atoms with Gasteiger partial charge in [0.15, 0.2) is 0 Å². The number of rotatable bonds is 8. The fourth-order valence-corrected chi connectivity index (χ4v) is 4.61. The monoisotopic (exact) mass is 516 g/mol. The molecular weight excluding hydrogens is 485 g/mol. The third-order valence-electron chi connectivity index (χ3n) is 7.02. The van der Waals surface area contributed by atoms with Gasteiger partial charge in [-0.05, 0) is 78.2 Å². The van der Waals surface area contributed by atoms with Gasteiger partial charge in [-0.3, -0.25) is 9.69 Å². The highest BCUT2D eigenvalue weighted by atomic mass is 19.4. The lowest BCUT2D eigenvalue weighted by atomic mass is 9.96. The van der Waals surface area contributed by atoms with Crippen molar-refractivity contribution in [3.8, 4) is 5.75 Å². The summed E-state index contributed by atoms with van der Waals surface area (Å²) in [5.74, 6) is 0.617. The fraction of sp³-hybridized carbons (Fsp3) is 0.462. The predicted octanol–water partition coefficient (Wildman–Crippen LogP) is 4.30. The molecule has 1 atom stereocenters. The first kappa shape index (κ1) is 26.6. The summed E-state index contributed by atoms with van der Waals surface area (Å²) >= 11 is 0. The molecule has 4 rings (SSSR count). The molecule has 1 aliphatic heterocycles. The van der Waals surface area contributed by atoms with Crippen molar-refractivity contribution in [2.24, 2.45) is 0 Å². The summed E-state index contributed by atoms with van der Waals surface area (Å²) in [6, 6.07) is 8.68. The van der Waals surface area contributed by atoms with Crippen molar-refractivity contribution < 1.29 is 22.7 Å². The molecule has 1 amide bonds. The lowest BCUT2D eigenvalue weighted by molar-refractivity contribution is -0.137. The molecule has 0 spiro atoms. The Kier molecular flexibility index (Phi) is 8.11. The summed E-state index contributed by atoms with van der Waals surface area (Å²) in [7, 11) is 0. The molecule has 1 aliphatic rings. The lowest BCUT2D eigenvalue weighted by Crippen LogP contribution is -2.49. The van der Waals surface area contributed by atoms with E-state index >= 15 is 0 Å². The lowest BCUT2D eigenvalue weighted by Gasteiger charge is -2.39. The summed E-state index contributed by atoms with van der Waals surface area (Å²) in [6.45, 7) is 9.96. The Morgan fingerprint density at radius 2 is 1.73 bits per heavy atom. The normalized spacial score (nSPS) is 15.6. The van der Waals surface area contributed by atoms with Gasteiger partial charge in [0.25, 0.3) is 5.91 Å². The maximum atomic E-state index is 12.8. The van der Waals surface area contributed by atoms with Crippen LogP contribution in [0.4, 0.5) is 13.2 Å². The Labute approximate surface area is 214 Å². The van der Waals surface area contributed by atoms with E-state index in [9.17, 15) is 18.0 Å². The number of nitrogens with zero attached hydrogens (tertiary/aromatic N) is 6. The minimum Gasteiger partial charge on any atom is -0.493 e. The summed E-state index contributed by atoms with van der Waals surface area (Å²) in [5.41, 5.74) is 3.00. The molecule has 1 fully saturated rings. The number of carbonyl (C=O) groups excluding carboxylic acids is 1. The van der Waals surface area contributed by atoms with Crippen molar-refractivity contribution in [2.75, 3.05) is 32.8 Å². The number of halogens is 3. The smallest absolute Gasteiger partial charge is 0.416 e. The van der Waals surface area contributed by atoms with Crippen LogP contribution < -0.4 is 4.74 Å². The third-order valence-corrected chi connectivity index (χ3v) is 7.02. The van der Waals surface area contributed by atoms with Gasteiger partial charge in [-0.25, -0.2) is 4.68 Å². The molecule has 1 saturated heterocycles. The summed E-state index contributed by atoms with van der Waals surface area (Å²) in [4.78, 5) is 16.8. The van der Waals surface area contributed by atoms with E-state index in [2.05, 4.69) is 47.3 Å². The number of ether oxygens (including phenoxy) is 1. The molecule has 0 radical (unpaired) electrons. The van der Waals surface area contributed by atoms with Crippen LogP contribution in [0.5, 0.6) is 5.75 Å². The fourth-order valence-electron chi connectivity index (χ4n) is 4.61. The number of aromatic nitrogens is 4. The second-order valence-corrected chi connectivity index (χ2v) is 9.26. The molecule has 11 heteroatoms. The van der Waals surface area contributed by atoms with Gasteiger partial charge >= 0.3 is 6.18 Å². The zero-order valence-corrected chi connectivity index (χ0v) is 21.2. The molecule has 8 nitrogen and oxygen atoms in total. The first-order valence-electron chi connectivity index (χ1n) is 12.3. The van der Waals surface area contributed by atoms with Crippen molar-refractivity contribution in [1.82, 2.24) is 30.0 Å². The molecule has 0 bridgehead atoms. The topological polar surface area (TPSA) is 76.4 Å². The van der Waals surface area contributed by atoms with Crippen LogP contribution in [0.3, 0.4) is 0 Å². The van der Waals surface area contributed by atoms with Gasteiger partial charge < -0.3 is 9.64 Å². The second-order valence-electron chi connectivity index (χ2n) is 9.26. The Hall–Kier alpha value is -3.47. The molecular formula is C26H31F3N6O2. The van der Waals surface area contributed by atoms with Gasteiger partial charge in [-0.15, -0.1) is 5.10 Å². The van der Waals surface area contributed by atoms with Crippen LogP contribution in [-0.4, -0.2) is 68.7 Å². The molecule has 0 saturated carbocycles. The largest absolute Gasteiger partial charge is 0.493 e. The number of carbonyl (C=O) groups is 1. The number of tetrazole rings is 1. The number of benzene rings is 2. The van der Waals surface area contributed by atoms with Crippen LogP contribution in [0, 0.1) is 13.8 Å². The quantitative estimate of drug-likeness (QED) is 0.416. The number of piperazine rings is 1. The van der Waals surface area contributed by atoms with E-state index in [1.807, 2.05) is 6.07 Å². The van der Waals surface area contributed by atoms with Gasteiger partial charge in [-0.2, -0.15) is 13.2 Å². The number of hydrogen-bond acceptors (Lipinski definition) is 6. The summed E-state index contributed by atoms with van der Waals surface area (Å²) < 4.78 is 46.1. The average molecular weight is 517 g/mol. The van der Waals surface area contributed by atoms with Crippen LogP contribution >= 0.6 is 0 Å². The minimum atomic E-state index is -4.42. The summed E-state index contributed by atoms with van der Waals surface area (Å²) in [5, 5.41) is 11.1. The standard InChI is InChI=1S/C26H31F3N6O2/c1-18-19(2)24(37-16-4-11-35-17-30-31-32-35)10-9-23(18)20(3)33-12-14-34(15-13-33)25(36)21-5-7-22(8-6-21)26(27,28)29/h5-10,17,20H,4,11-16H2,1-3H3/t20-/m1/s1. The minimum absolute atomic E-state index is 0.149. The van der Waals surface area contributed by atoms with E-state index in [0.717, 1.165) is 29.9 Å². The van der Waals surface area contributed by atoms with Gasteiger partial charge in [0.05, 0.1) is 12.2 Å². The van der Waals surface area contributed by atoms with E-state index in [-0.39, 0.29) is 17.5 Å². The predicted molar refractivity (Wildman–Crippen MR) is 131 cm³/mol.